The van der Waals surface area contributed by atoms with E-state index in [4.69, 9.17) is 22.9 Å². The number of carbonyl (C=O) groups excluding carboxylic acids is 1. The lowest BCUT2D eigenvalue weighted by molar-refractivity contribution is 0.0894. The second-order valence-electron chi connectivity index (χ2n) is 7.57. The Balaban J connectivity index is 1.49. The Kier molecular flexibility index (Phi) is 6.59. The van der Waals surface area contributed by atoms with E-state index >= 15 is 0 Å². The Hall–Kier alpha value is -2.51. The van der Waals surface area contributed by atoms with Crippen LogP contribution in [0.5, 0.6) is 5.75 Å². The number of hydrogen-bond acceptors (Lipinski definition) is 2. The number of hydrogen-bond donors (Lipinski definition) is 1. The maximum absolute atomic E-state index is 12.5. The minimum atomic E-state index is -0.0128. The zero-order valence-corrected chi connectivity index (χ0v) is 17.0. The molecule has 0 saturated heterocycles. The topological polar surface area (TPSA) is 42.7 Å². The van der Waals surface area contributed by atoms with Gasteiger partial charge in [0.25, 0.3) is 5.91 Å². The lowest BCUT2D eigenvalue weighted by Gasteiger charge is -2.29. The summed E-state index contributed by atoms with van der Waals surface area (Å²) in [5.41, 5.74) is 2.37. The second-order valence-corrected chi connectivity index (χ2v) is 7.97. The van der Waals surface area contributed by atoms with Gasteiger partial charge in [0.05, 0.1) is 17.7 Å². The summed E-state index contributed by atoms with van der Waals surface area (Å²) in [5.74, 6) is 1.14. The average Bonchev–Trinajstić information content (AvgIpc) is 2.69. The SMILES string of the molecule is [C-]#[N+]c1ccc(OC2CCC(NC(=O)c3ccc(C(C)C)cc3)CC2)cc1Cl. The summed E-state index contributed by atoms with van der Waals surface area (Å²) in [6, 6.07) is 13.2. The van der Waals surface area contributed by atoms with Gasteiger partial charge >= 0.3 is 0 Å². The number of rotatable bonds is 5. The monoisotopic (exact) mass is 396 g/mol. The van der Waals surface area contributed by atoms with Gasteiger partial charge in [0.15, 0.2) is 0 Å². The van der Waals surface area contributed by atoms with E-state index in [-0.39, 0.29) is 18.1 Å². The highest BCUT2D eigenvalue weighted by Crippen LogP contribution is 2.31. The highest BCUT2D eigenvalue weighted by Gasteiger charge is 2.24. The van der Waals surface area contributed by atoms with Crippen molar-refractivity contribution in [3.8, 4) is 5.75 Å². The summed E-state index contributed by atoms with van der Waals surface area (Å²) < 4.78 is 6.01. The molecule has 4 nitrogen and oxygen atoms in total. The zero-order chi connectivity index (χ0) is 20.1. The molecule has 0 radical (unpaired) electrons. The van der Waals surface area contributed by atoms with Crippen LogP contribution in [-0.2, 0) is 0 Å². The molecule has 146 valence electrons. The number of nitrogens with one attached hydrogen (secondary N) is 1. The van der Waals surface area contributed by atoms with Gasteiger partial charge in [0.1, 0.15) is 5.75 Å². The fourth-order valence-electron chi connectivity index (χ4n) is 3.46. The predicted octanol–water partition coefficient (Wildman–Crippen LogP) is 6.13. The van der Waals surface area contributed by atoms with Crippen LogP contribution in [0, 0.1) is 6.57 Å². The van der Waals surface area contributed by atoms with Crippen molar-refractivity contribution in [1.82, 2.24) is 5.32 Å². The van der Waals surface area contributed by atoms with Gasteiger partial charge in [-0.25, -0.2) is 4.85 Å². The number of carbonyl (C=O) groups is 1. The molecule has 1 aliphatic rings. The van der Waals surface area contributed by atoms with Crippen LogP contribution in [0.15, 0.2) is 42.5 Å². The Morgan fingerprint density at radius 2 is 1.82 bits per heavy atom. The highest BCUT2D eigenvalue weighted by molar-refractivity contribution is 6.33. The quantitative estimate of drug-likeness (QED) is 0.617. The van der Waals surface area contributed by atoms with Gasteiger partial charge in [-0.05, 0) is 61.4 Å². The van der Waals surface area contributed by atoms with Gasteiger partial charge < -0.3 is 10.1 Å². The molecule has 0 heterocycles. The Labute approximate surface area is 171 Å². The molecule has 0 atom stereocenters. The molecule has 0 spiro atoms. The van der Waals surface area contributed by atoms with E-state index in [1.165, 1.54) is 5.56 Å². The lowest BCUT2D eigenvalue weighted by atomic mass is 9.92. The number of halogens is 1. The summed E-state index contributed by atoms with van der Waals surface area (Å²) in [4.78, 5) is 15.8. The summed E-state index contributed by atoms with van der Waals surface area (Å²) >= 11 is 6.07. The molecule has 3 rings (SSSR count). The standard InChI is InChI=1S/C23H25ClN2O2/c1-15(2)16-4-6-17(7-5-16)23(27)26-18-8-10-19(11-9-18)28-20-12-13-22(25-3)21(24)14-20/h4-7,12-15,18-19H,8-11H2,1-2H3,(H,26,27). The molecule has 2 aromatic rings. The molecule has 0 bridgehead atoms. The molecule has 1 N–H and O–H groups in total. The first-order chi connectivity index (χ1) is 13.5. The molecule has 0 aromatic heterocycles. The maximum atomic E-state index is 12.5. The lowest BCUT2D eigenvalue weighted by Crippen LogP contribution is -2.39. The van der Waals surface area contributed by atoms with Crippen molar-refractivity contribution in [2.45, 2.75) is 57.6 Å². The van der Waals surface area contributed by atoms with Gasteiger partial charge in [-0.1, -0.05) is 43.6 Å². The summed E-state index contributed by atoms with van der Waals surface area (Å²) in [5, 5.41) is 3.56. The third kappa shape index (κ3) is 5.05. The van der Waals surface area contributed by atoms with Gasteiger partial charge in [0.2, 0.25) is 5.69 Å². The van der Waals surface area contributed by atoms with Crippen LogP contribution in [0.3, 0.4) is 0 Å². The van der Waals surface area contributed by atoms with Crippen molar-refractivity contribution in [3.63, 3.8) is 0 Å². The largest absolute Gasteiger partial charge is 0.490 e. The van der Waals surface area contributed by atoms with Crippen molar-refractivity contribution in [2.75, 3.05) is 0 Å². The average molecular weight is 397 g/mol. The number of benzene rings is 2. The fraction of sp³-hybridized carbons (Fsp3) is 0.391. The molecule has 0 unspecified atom stereocenters. The van der Waals surface area contributed by atoms with Gasteiger partial charge in [0, 0.05) is 11.6 Å². The molecule has 5 heteroatoms. The van der Waals surface area contributed by atoms with Gasteiger partial charge in [-0.15, -0.1) is 0 Å². The Morgan fingerprint density at radius 3 is 2.39 bits per heavy atom. The summed E-state index contributed by atoms with van der Waals surface area (Å²) in [6.45, 7) is 11.3. The van der Waals surface area contributed by atoms with Crippen LogP contribution in [0.1, 0.15) is 61.4 Å². The highest BCUT2D eigenvalue weighted by atomic mass is 35.5. The first-order valence-corrected chi connectivity index (χ1v) is 10.1. The molecular formula is C23H25ClN2O2. The third-order valence-electron chi connectivity index (χ3n) is 5.19. The van der Waals surface area contributed by atoms with Crippen LogP contribution >= 0.6 is 11.6 Å². The second kappa shape index (κ2) is 9.12. The summed E-state index contributed by atoms with van der Waals surface area (Å²) in [6.07, 6.45) is 3.62. The first kappa shape index (κ1) is 20.2. The van der Waals surface area contributed by atoms with Crippen LogP contribution in [0.2, 0.25) is 5.02 Å². The van der Waals surface area contributed by atoms with Crippen LogP contribution in [-0.4, -0.2) is 18.1 Å². The first-order valence-electron chi connectivity index (χ1n) is 9.70. The van der Waals surface area contributed by atoms with E-state index in [2.05, 4.69) is 24.0 Å². The maximum Gasteiger partial charge on any atom is 0.251 e. The van der Waals surface area contributed by atoms with E-state index in [0.29, 0.717) is 27.9 Å². The minimum absolute atomic E-state index is 0.0128. The normalized spacial score (nSPS) is 19.1. The van der Waals surface area contributed by atoms with Crippen molar-refractivity contribution in [2.24, 2.45) is 0 Å². The van der Waals surface area contributed by atoms with Crippen LogP contribution in [0.4, 0.5) is 5.69 Å². The van der Waals surface area contributed by atoms with E-state index in [1.807, 2.05) is 24.3 Å². The number of nitrogens with zero attached hydrogens (tertiary/aromatic N) is 1. The van der Waals surface area contributed by atoms with E-state index < -0.39 is 0 Å². The van der Waals surface area contributed by atoms with Crippen LogP contribution in [0.25, 0.3) is 4.85 Å². The molecule has 1 fully saturated rings. The molecule has 28 heavy (non-hydrogen) atoms. The zero-order valence-electron chi connectivity index (χ0n) is 16.2. The van der Waals surface area contributed by atoms with Crippen molar-refractivity contribution < 1.29 is 9.53 Å². The Bertz CT molecular complexity index is 863. The number of amides is 1. The smallest absolute Gasteiger partial charge is 0.251 e. The predicted molar refractivity (Wildman–Crippen MR) is 112 cm³/mol. The molecule has 1 saturated carbocycles. The van der Waals surface area contributed by atoms with Crippen molar-refractivity contribution in [1.29, 1.82) is 0 Å². The van der Waals surface area contributed by atoms with Gasteiger partial charge in [-0.3, -0.25) is 4.79 Å². The summed E-state index contributed by atoms with van der Waals surface area (Å²) in [7, 11) is 0. The van der Waals surface area contributed by atoms with Crippen molar-refractivity contribution in [3.05, 3.63) is 70.0 Å². The molecular weight excluding hydrogens is 372 g/mol. The molecule has 1 amide bonds. The fourth-order valence-corrected chi connectivity index (χ4v) is 3.67. The number of ether oxygens (including phenoxy) is 1. The minimum Gasteiger partial charge on any atom is -0.490 e. The van der Waals surface area contributed by atoms with Crippen molar-refractivity contribution >= 4 is 23.2 Å². The van der Waals surface area contributed by atoms with E-state index in [1.54, 1.807) is 18.2 Å². The Morgan fingerprint density at radius 1 is 1.14 bits per heavy atom. The van der Waals surface area contributed by atoms with E-state index in [0.717, 1.165) is 25.7 Å². The van der Waals surface area contributed by atoms with Crippen LogP contribution < -0.4 is 10.1 Å². The van der Waals surface area contributed by atoms with E-state index in [9.17, 15) is 4.79 Å². The third-order valence-corrected chi connectivity index (χ3v) is 5.49. The molecule has 1 aliphatic carbocycles. The molecule has 0 aliphatic heterocycles. The van der Waals surface area contributed by atoms with Gasteiger partial charge in [-0.2, -0.15) is 0 Å². The molecule has 2 aromatic carbocycles.